The maximum absolute atomic E-state index is 14.8. The number of nitrogens with zero attached hydrogens (tertiary/aromatic N) is 5. The molecule has 0 aliphatic heterocycles. The van der Waals surface area contributed by atoms with Gasteiger partial charge in [0.1, 0.15) is 12.1 Å². The zero-order chi connectivity index (χ0) is 26.3. The van der Waals surface area contributed by atoms with Gasteiger partial charge in [-0.25, -0.2) is 14.1 Å². The van der Waals surface area contributed by atoms with Crippen molar-refractivity contribution in [3.05, 3.63) is 41.7 Å². The Morgan fingerprint density at radius 1 is 1.15 bits per heavy atom. The number of rotatable bonds is 8. The molecule has 5 rings (SSSR count). The normalized spacial score (nSPS) is 16.7. The first-order valence-corrected chi connectivity index (χ1v) is 10.7. The van der Waals surface area contributed by atoms with Crippen molar-refractivity contribution in [3.63, 3.8) is 0 Å². The average molecular weight is 469 g/mol. The minimum Gasteiger partial charge on any atom is -0.494 e. The van der Waals surface area contributed by atoms with Gasteiger partial charge >= 0.3 is 0 Å². The van der Waals surface area contributed by atoms with Gasteiger partial charge in [-0.3, -0.25) is 9.59 Å². The van der Waals surface area contributed by atoms with E-state index in [9.17, 15) is 14.0 Å². The third-order valence-electron chi connectivity index (χ3n) is 5.50. The van der Waals surface area contributed by atoms with Crippen molar-refractivity contribution in [3.8, 4) is 17.1 Å². The second-order valence-corrected chi connectivity index (χ2v) is 8.11. The molecule has 0 bridgehead atoms. The molecule has 2 aliphatic rings. The van der Waals surface area contributed by atoms with Gasteiger partial charge in [0.15, 0.2) is 23.0 Å². The number of halogens is 1. The molecule has 2 aliphatic carbocycles. The van der Waals surface area contributed by atoms with Gasteiger partial charge < -0.3 is 20.7 Å². The summed E-state index contributed by atoms with van der Waals surface area (Å²) in [7, 11) is 1.39. The van der Waals surface area contributed by atoms with Crippen molar-refractivity contribution >= 4 is 23.2 Å². The predicted molar refractivity (Wildman–Crippen MR) is 119 cm³/mol. The maximum Gasteiger partial charge on any atom is 0.273 e. The summed E-state index contributed by atoms with van der Waals surface area (Å²) in [4.78, 5) is 29.5. The van der Waals surface area contributed by atoms with Crippen LogP contribution >= 0.6 is 0 Å². The molecule has 2 aromatic heterocycles. The van der Waals surface area contributed by atoms with Crippen LogP contribution in [0.5, 0.6) is 5.75 Å². The number of benzene rings is 1. The summed E-state index contributed by atoms with van der Waals surface area (Å²) in [6.45, 7) is -2.80. The van der Waals surface area contributed by atoms with E-state index in [1.54, 1.807) is 4.68 Å². The molecule has 3 aromatic rings. The van der Waals surface area contributed by atoms with Gasteiger partial charge in [0.2, 0.25) is 0 Å². The van der Waals surface area contributed by atoms with E-state index in [-0.39, 0.29) is 34.9 Å². The smallest absolute Gasteiger partial charge is 0.273 e. The lowest BCUT2D eigenvalue weighted by molar-refractivity contribution is 0.0935. The number of aromatic nitrogens is 5. The molecule has 2 amide bonds. The first-order chi connectivity index (χ1) is 17.6. The molecule has 3 N–H and O–H groups in total. The molecule has 1 aromatic carbocycles. The first-order valence-electron chi connectivity index (χ1n) is 12.2. The van der Waals surface area contributed by atoms with Crippen molar-refractivity contribution in [1.29, 1.82) is 0 Å². The van der Waals surface area contributed by atoms with E-state index in [2.05, 4.69) is 30.9 Å². The number of ether oxygens (including phenoxy) is 1. The first kappa shape index (κ1) is 18.3. The van der Waals surface area contributed by atoms with Gasteiger partial charge in [-0.05, 0) is 37.8 Å². The van der Waals surface area contributed by atoms with Crippen molar-refractivity contribution in [1.82, 2.24) is 35.6 Å². The molecule has 0 unspecified atom stereocenters. The zero-order valence-corrected chi connectivity index (χ0v) is 18.1. The van der Waals surface area contributed by atoms with Crippen molar-refractivity contribution in [2.75, 3.05) is 19.4 Å². The van der Waals surface area contributed by atoms with E-state index in [1.165, 1.54) is 25.6 Å². The Morgan fingerprint density at radius 2 is 1.97 bits per heavy atom. The van der Waals surface area contributed by atoms with Crippen LogP contribution in [0, 0.1) is 5.82 Å². The van der Waals surface area contributed by atoms with Crippen molar-refractivity contribution < 1.29 is 22.8 Å². The molecule has 0 saturated heterocycles. The zero-order valence-electron chi connectivity index (χ0n) is 21.1. The minimum atomic E-state index is -2.80. The highest BCUT2D eigenvalue weighted by Gasteiger charge is 2.30. The Bertz CT molecular complexity index is 1370. The van der Waals surface area contributed by atoms with Crippen LogP contribution in [0.15, 0.2) is 24.5 Å². The average Bonchev–Trinajstić information content (AvgIpc) is 3.77. The van der Waals surface area contributed by atoms with Crippen LogP contribution in [0.4, 0.5) is 15.8 Å². The summed E-state index contributed by atoms with van der Waals surface area (Å²) in [5, 5.41) is 19.3. The molecular weight excluding hydrogens is 443 g/mol. The summed E-state index contributed by atoms with van der Waals surface area (Å²) < 4.78 is 44.1. The summed E-state index contributed by atoms with van der Waals surface area (Å²) in [5.41, 5.74) is -0.183. The third kappa shape index (κ3) is 4.26. The highest BCUT2D eigenvalue weighted by molar-refractivity contribution is 6.00. The second-order valence-electron chi connectivity index (χ2n) is 8.11. The Morgan fingerprint density at radius 3 is 2.68 bits per heavy atom. The number of carbonyl (C=O) groups is 2. The highest BCUT2D eigenvalue weighted by atomic mass is 19.1. The quantitative estimate of drug-likeness (QED) is 0.457. The summed E-state index contributed by atoms with van der Waals surface area (Å²) in [6.07, 6.45) is 4.92. The molecule has 34 heavy (non-hydrogen) atoms. The van der Waals surface area contributed by atoms with Crippen LogP contribution in [-0.2, 0) is 0 Å². The predicted octanol–water partition coefficient (Wildman–Crippen LogP) is 2.21. The Hall–Kier alpha value is -4.09. The van der Waals surface area contributed by atoms with E-state index < -0.39 is 30.3 Å². The number of hydrogen-bond acceptors (Lipinski definition) is 8. The highest BCUT2D eigenvalue weighted by Crippen LogP contribution is 2.42. The topological polar surface area (TPSA) is 136 Å². The number of methoxy groups -OCH3 is 1. The van der Waals surface area contributed by atoms with E-state index in [0.717, 1.165) is 31.7 Å². The number of nitrogens with one attached hydrogen (secondary N) is 3. The van der Waals surface area contributed by atoms with Gasteiger partial charge in [-0.15, -0.1) is 10.2 Å². The van der Waals surface area contributed by atoms with Gasteiger partial charge in [0, 0.05) is 23.2 Å². The van der Waals surface area contributed by atoms with Crippen LogP contribution in [0.25, 0.3) is 11.4 Å². The lowest BCUT2D eigenvalue weighted by atomic mass is 10.1. The lowest BCUT2D eigenvalue weighted by Crippen LogP contribution is -2.28. The number of amides is 2. The molecule has 0 spiro atoms. The number of anilines is 2. The number of carbonyl (C=O) groups excluding carboxylic acids is 2. The Balaban J connectivity index is 1.56. The molecule has 2 fully saturated rings. The fourth-order valence-corrected chi connectivity index (χ4v) is 3.56. The third-order valence-corrected chi connectivity index (χ3v) is 5.50. The second kappa shape index (κ2) is 8.69. The van der Waals surface area contributed by atoms with Crippen LogP contribution in [0.1, 0.15) is 56.8 Å². The summed E-state index contributed by atoms with van der Waals surface area (Å²) in [6, 6.07) is 3.84. The fraction of sp³-hybridized carbons (Fsp3) is 0.364. The molecular formula is C22H23FN8O3. The molecule has 2 saturated carbocycles. The van der Waals surface area contributed by atoms with Crippen molar-refractivity contribution in [2.45, 2.75) is 37.8 Å². The molecule has 2 heterocycles. The fourth-order valence-electron chi connectivity index (χ4n) is 3.56. The van der Waals surface area contributed by atoms with Crippen LogP contribution < -0.4 is 20.7 Å². The monoisotopic (exact) mass is 469 g/mol. The largest absolute Gasteiger partial charge is 0.494 e. The molecule has 12 heteroatoms. The van der Waals surface area contributed by atoms with E-state index in [4.69, 9.17) is 8.85 Å². The SMILES string of the molecule is [2H]C([2H])([2H])NC(=O)c1nnc(C(=O)NC2CC2)cc1Nc1cc(F)cc(-c2ncnn2C2CC2)c1OC. The Labute approximate surface area is 198 Å². The minimum absolute atomic E-state index is 0.0407. The van der Waals surface area contributed by atoms with E-state index in [1.807, 2.05) is 5.32 Å². The van der Waals surface area contributed by atoms with E-state index >= 15 is 0 Å². The summed E-state index contributed by atoms with van der Waals surface area (Å²) >= 11 is 0. The maximum atomic E-state index is 14.8. The van der Waals surface area contributed by atoms with Crippen LogP contribution in [0.3, 0.4) is 0 Å². The van der Waals surface area contributed by atoms with Crippen molar-refractivity contribution in [2.24, 2.45) is 0 Å². The van der Waals surface area contributed by atoms with E-state index in [0.29, 0.717) is 11.4 Å². The molecule has 0 radical (unpaired) electrons. The molecule has 0 atom stereocenters. The summed E-state index contributed by atoms with van der Waals surface area (Å²) in [5.74, 6) is -1.61. The van der Waals surface area contributed by atoms with Gasteiger partial charge in [-0.1, -0.05) is 0 Å². The Kier molecular flexibility index (Phi) is 4.69. The van der Waals surface area contributed by atoms with Gasteiger partial charge in [-0.2, -0.15) is 5.10 Å². The number of hydrogen-bond donors (Lipinski definition) is 3. The standard InChI is InChI=1S/C22H23FN8O3/c1-24-22(33)18-15(9-17(29-30-18)21(32)27-12-3-4-12)28-16-8-11(23)7-14(19(16)34-2)20-25-10-26-31(20)13-5-6-13/h7-10,12-13H,3-6H2,1-2H3,(H,24,33)(H,27,32)(H,28,29)/i1D3. The molecule has 176 valence electrons. The van der Waals surface area contributed by atoms with Gasteiger partial charge in [0.25, 0.3) is 11.8 Å². The van der Waals surface area contributed by atoms with Gasteiger partial charge in [0.05, 0.1) is 30.1 Å². The van der Waals surface area contributed by atoms with Crippen LogP contribution in [-0.4, -0.2) is 56.9 Å². The van der Waals surface area contributed by atoms with Crippen LogP contribution in [0.2, 0.25) is 0 Å². The molecule has 11 nitrogen and oxygen atoms in total. The lowest BCUT2D eigenvalue weighted by Gasteiger charge is -2.17.